The monoisotopic (exact) mass is 456 g/mol. The maximum absolute atomic E-state index is 4.29. The second kappa shape index (κ2) is 13.4. The maximum Gasteiger partial charge on any atom is 0.191 e. The number of guanidine groups is 1. The molecule has 2 N–H and O–H groups in total. The minimum atomic E-state index is 0. The molecule has 1 aromatic rings. The zero-order valence-corrected chi connectivity index (χ0v) is 17.9. The number of rotatable bonds is 9. The molecule has 1 rings (SSSR count). The first-order valence-corrected chi connectivity index (χ1v) is 9.80. The summed E-state index contributed by atoms with van der Waals surface area (Å²) in [6, 6.07) is 2.62. The Hall–Kier alpha value is 0.01000. The number of nitrogens with zero attached hydrogens (tertiary/aromatic N) is 2. The molecule has 0 aliphatic carbocycles. The van der Waals surface area contributed by atoms with Crippen molar-refractivity contribution in [3.63, 3.8) is 0 Å². The highest BCUT2D eigenvalue weighted by Crippen LogP contribution is 2.22. The molecular weight excluding hydrogens is 427 g/mol. The third kappa shape index (κ3) is 7.52. The molecule has 0 aliphatic rings. The van der Waals surface area contributed by atoms with Crippen LogP contribution in [0.1, 0.15) is 25.5 Å². The Bertz CT molecular complexity index is 394. The van der Waals surface area contributed by atoms with Crippen LogP contribution in [0.15, 0.2) is 21.8 Å². The van der Waals surface area contributed by atoms with E-state index in [-0.39, 0.29) is 24.0 Å². The van der Waals surface area contributed by atoms with Crippen molar-refractivity contribution < 1.29 is 0 Å². The van der Waals surface area contributed by atoms with Crippen LogP contribution in [0.5, 0.6) is 0 Å². The number of likely N-dealkylation sites (N-methyl/N-ethyl adjacent to an activating group) is 1. The summed E-state index contributed by atoms with van der Waals surface area (Å²) in [5.74, 6) is 1.97. The van der Waals surface area contributed by atoms with Crippen LogP contribution < -0.4 is 10.6 Å². The lowest BCUT2D eigenvalue weighted by Gasteiger charge is -2.30. The van der Waals surface area contributed by atoms with E-state index in [2.05, 4.69) is 57.5 Å². The quantitative estimate of drug-likeness (QED) is 0.259. The first-order valence-electron chi connectivity index (χ1n) is 7.46. The van der Waals surface area contributed by atoms with Gasteiger partial charge < -0.3 is 10.6 Å². The van der Waals surface area contributed by atoms with E-state index in [1.54, 1.807) is 11.3 Å². The Balaban J connectivity index is 0.00000441. The second-order valence-electron chi connectivity index (χ2n) is 4.67. The van der Waals surface area contributed by atoms with Gasteiger partial charge in [0.15, 0.2) is 5.96 Å². The van der Waals surface area contributed by atoms with E-state index in [0.717, 1.165) is 37.9 Å². The van der Waals surface area contributed by atoms with Gasteiger partial charge in [0.05, 0.1) is 6.04 Å². The summed E-state index contributed by atoms with van der Waals surface area (Å²) in [4.78, 5) is 6.77. The van der Waals surface area contributed by atoms with Crippen LogP contribution in [0.3, 0.4) is 0 Å². The van der Waals surface area contributed by atoms with E-state index in [0.29, 0.717) is 6.04 Å². The zero-order chi connectivity index (χ0) is 15.5. The summed E-state index contributed by atoms with van der Waals surface area (Å²) < 4.78 is 0. The molecule has 1 atom stereocenters. The fraction of sp³-hybridized carbons (Fsp3) is 0.667. The lowest BCUT2D eigenvalue weighted by molar-refractivity contribution is 0.219. The van der Waals surface area contributed by atoms with Gasteiger partial charge in [-0.25, -0.2) is 0 Å². The molecular formula is C15H29IN4S2. The molecule has 1 aromatic heterocycles. The summed E-state index contributed by atoms with van der Waals surface area (Å²) in [7, 11) is 1.82. The highest BCUT2D eigenvalue weighted by Gasteiger charge is 2.18. The summed E-state index contributed by atoms with van der Waals surface area (Å²) in [5.41, 5.74) is 1.38. The number of nitrogens with one attached hydrogen (secondary N) is 2. The van der Waals surface area contributed by atoms with Crippen molar-refractivity contribution in [2.24, 2.45) is 4.99 Å². The number of hydrogen-bond donors (Lipinski definition) is 2. The van der Waals surface area contributed by atoms with Crippen molar-refractivity contribution in [1.82, 2.24) is 15.5 Å². The van der Waals surface area contributed by atoms with E-state index in [4.69, 9.17) is 0 Å². The first kappa shape index (κ1) is 22.0. The molecule has 0 bridgehead atoms. The molecule has 0 aliphatic heterocycles. The van der Waals surface area contributed by atoms with Gasteiger partial charge in [-0.05, 0) is 41.7 Å². The predicted molar refractivity (Wildman–Crippen MR) is 113 cm³/mol. The van der Waals surface area contributed by atoms with Gasteiger partial charge in [0.1, 0.15) is 0 Å². The van der Waals surface area contributed by atoms with Crippen molar-refractivity contribution in [3.8, 4) is 0 Å². The standard InChI is InChI=1S/C15H28N4S2.HI/c1-5-19(6-2)14(13-7-9-21-12-13)11-18-15(16-3)17-8-10-20-4;/h7,9,12,14H,5-6,8,10-11H2,1-4H3,(H2,16,17,18);1H. The largest absolute Gasteiger partial charge is 0.356 e. The van der Waals surface area contributed by atoms with E-state index in [9.17, 15) is 0 Å². The second-order valence-corrected chi connectivity index (χ2v) is 6.43. The van der Waals surface area contributed by atoms with Crippen LogP contribution in [0.2, 0.25) is 0 Å². The van der Waals surface area contributed by atoms with Crippen molar-refractivity contribution in [2.45, 2.75) is 19.9 Å². The Morgan fingerprint density at radius 2 is 2.09 bits per heavy atom. The van der Waals surface area contributed by atoms with Crippen LogP contribution in [0.25, 0.3) is 0 Å². The predicted octanol–water partition coefficient (Wildman–Crippen LogP) is 3.28. The summed E-state index contributed by atoms with van der Waals surface area (Å²) in [6.45, 7) is 8.35. The van der Waals surface area contributed by atoms with Crippen LogP contribution in [0.4, 0.5) is 0 Å². The zero-order valence-electron chi connectivity index (χ0n) is 14.0. The molecule has 0 radical (unpaired) electrons. The average molecular weight is 456 g/mol. The topological polar surface area (TPSA) is 39.7 Å². The van der Waals surface area contributed by atoms with Crippen molar-refractivity contribution in [1.29, 1.82) is 0 Å². The molecule has 22 heavy (non-hydrogen) atoms. The number of thiophene rings is 1. The van der Waals surface area contributed by atoms with Crippen molar-refractivity contribution in [2.75, 3.05) is 45.2 Å². The first-order chi connectivity index (χ1) is 10.3. The van der Waals surface area contributed by atoms with Gasteiger partial charge in [0.2, 0.25) is 0 Å². The Morgan fingerprint density at radius 3 is 2.59 bits per heavy atom. The molecule has 1 unspecified atom stereocenters. The van der Waals surface area contributed by atoms with E-state index >= 15 is 0 Å². The van der Waals surface area contributed by atoms with Crippen molar-refractivity contribution in [3.05, 3.63) is 22.4 Å². The minimum Gasteiger partial charge on any atom is -0.356 e. The fourth-order valence-electron chi connectivity index (χ4n) is 2.27. The normalized spacial score (nSPS) is 12.9. The molecule has 7 heteroatoms. The lowest BCUT2D eigenvalue weighted by Crippen LogP contribution is -2.43. The van der Waals surface area contributed by atoms with Gasteiger partial charge in [0, 0.05) is 25.9 Å². The van der Waals surface area contributed by atoms with Gasteiger partial charge in [-0.2, -0.15) is 23.1 Å². The van der Waals surface area contributed by atoms with Gasteiger partial charge in [0.25, 0.3) is 0 Å². The molecule has 0 saturated heterocycles. The fourth-order valence-corrected chi connectivity index (χ4v) is 3.29. The summed E-state index contributed by atoms with van der Waals surface area (Å²) in [5, 5.41) is 11.2. The van der Waals surface area contributed by atoms with E-state index in [1.165, 1.54) is 5.56 Å². The number of hydrogen-bond acceptors (Lipinski definition) is 4. The van der Waals surface area contributed by atoms with Crippen LogP contribution in [-0.2, 0) is 0 Å². The highest BCUT2D eigenvalue weighted by atomic mass is 127. The molecule has 0 spiro atoms. The number of thioether (sulfide) groups is 1. The SMILES string of the molecule is CCN(CC)C(CNC(=NC)NCCSC)c1ccsc1.I. The van der Waals surface area contributed by atoms with Gasteiger partial charge >= 0.3 is 0 Å². The third-order valence-corrected chi connectivity index (χ3v) is 4.78. The molecule has 128 valence electrons. The van der Waals surface area contributed by atoms with Crippen LogP contribution in [-0.4, -0.2) is 56.1 Å². The molecule has 0 aromatic carbocycles. The van der Waals surface area contributed by atoms with Gasteiger partial charge in [-0.3, -0.25) is 9.89 Å². The van der Waals surface area contributed by atoms with Gasteiger partial charge in [-0.1, -0.05) is 13.8 Å². The number of aliphatic imine (C=N–C) groups is 1. The van der Waals surface area contributed by atoms with Crippen molar-refractivity contribution >= 4 is 53.0 Å². The third-order valence-electron chi connectivity index (χ3n) is 3.47. The van der Waals surface area contributed by atoms with Gasteiger partial charge in [-0.15, -0.1) is 24.0 Å². The van der Waals surface area contributed by atoms with E-state index < -0.39 is 0 Å². The smallest absolute Gasteiger partial charge is 0.191 e. The number of halogens is 1. The molecule has 0 saturated carbocycles. The Labute approximate surface area is 160 Å². The van der Waals surface area contributed by atoms with Crippen LogP contribution >= 0.6 is 47.1 Å². The molecule has 1 heterocycles. The molecule has 0 amide bonds. The molecule has 0 fully saturated rings. The highest BCUT2D eigenvalue weighted by molar-refractivity contribution is 14.0. The Morgan fingerprint density at radius 1 is 1.36 bits per heavy atom. The minimum absolute atomic E-state index is 0. The maximum atomic E-state index is 4.29. The summed E-state index contributed by atoms with van der Waals surface area (Å²) >= 11 is 3.60. The Kier molecular flexibility index (Phi) is 13.5. The average Bonchev–Trinajstić information content (AvgIpc) is 3.03. The van der Waals surface area contributed by atoms with E-state index in [1.807, 2.05) is 18.8 Å². The molecule has 4 nitrogen and oxygen atoms in total. The van der Waals surface area contributed by atoms with Crippen LogP contribution in [0, 0.1) is 0 Å². The summed E-state index contributed by atoms with van der Waals surface area (Å²) in [6.07, 6.45) is 2.12. The lowest BCUT2D eigenvalue weighted by atomic mass is 10.1.